The Morgan fingerprint density at radius 3 is 2.45 bits per heavy atom. The maximum atomic E-state index is 12.9. The second-order valence-corrected chi connectivity index (χ2v) is 7.71. The molecule has 2 amide bonds. The van der Waals surface area contributed by atoms with E-state index in [2.05, 4.69) is 0 Å². The molecule has 33 heavy (non-hydrogen) atoms. The van der Waals surface area contributed by atoms with Crippen LogP contribution in [0.4, 0.5) is 5.69 Å². The Morgan fingerprint density at radius 2 is 1.76 bits per heavy atom. The van der Waals surface area contributed by atoms with Gasteiger partial charge >= 0.3 is 5.97 Å². The minimum Gasteiger partial charge on any atom is -0.497 e. The number of carbonyl (C=O) groups is 4. The third kappa shape index (κ3) is 4.94. The van der Waals surface area contributed by atoms with Gasteiger partial charge in [-0.15, -0.1) is 0 Å². The standard InChI is InChI=1S/C24H24N2O7/c1-31-19-4-2-3-17(13-19)21(27)15-33-24(30)16-5-7-18(8-6-16)26-22(28)14-20(23(26)29)25-9-11-32-12-10-25/h2-8,13,20H,9-12,14-15H2,1H3. The van der Waals surface area contributed by atoms with Gasteiger partial charge in [0.1, 0.15) is 5.75 Å². The number of hydrogen-bond acceptors (Lipinski definition) is 8. The predicted octanol–water partition coefficient (Wildman–Crippen LogP) is 1.70. The summed E-state index contributed by atoms with van der Waals surface area (Å²) in [7, 11) is 1.50. The van der Waals surface area contributed by atoms with Crippen molar-refractivity contribution in [2.45, 2.75) is 12.5 Å². The summed E-state index contributed by atoms with van der Waals surface area (Å²) in [5.74, 6) is -1.06. The zero-order chi connectivity index (χ0) is 23.4. The summed E-state index contributed by atoms with van der Waals surface area (Å²) in [5.41, 5.74) is 0.976. The number of morpholine rings is 1. The monoisotopic (exact) mass is 452 g/mol. The molecule has 1 unspecified atom stereocenters. The van der Waals surface area contributed by atoms with Crippen molar-refractivity contribution in [2.75, 3.05) is 44.9 Å². The Hall–Kier alpha value is -3.56. The van der Waals surface area contributed by atoms with Crippen molar-refractivity contribution in [3.05, 3.63) is 59.7 Å². The van der Waals surface area contributed by atoms with Gasteiger partial charge in [-0.05, 0) is 36.4 Å². The number of rotatable bonds is 7. The average molecular weight is 452 g/mol. The number of carbonyl (C=O) groups excluding carboxylic acids is 4. The van der Waals surface area contributed by atoms with E-state index >= 15 is 0 Å². The van der Waals surface area contributed by atoms with E-state index in [9.17, 15) is 19.2 Å². The molecule has 0 aromatic heterocycles. The largest absolute Gasteiger partial charge is 0.497 e. The highest BCUT2D eigenvalue weighted by Crippen LogP contribution is 2.26. The number of benzene rings is 2. The van der Waals surface area contributed by atoms with E-state index in [4.69, 9.17) is 14.2 Å². The summed E-state index contributed by atoms with van der Waals surface area (Å²) in [5, 5.41) is 0. The van der Waals surface area contributed by atoms with E-state index in [-0.39, 0.29) is 29.6 Å². The topological polar surface area (TPSA) is 102 Å². The van der Waals surface area contributed by atoms with Crippen molar-refractivity contribution in [3.8, 4) is 5.75 Å². The second kappa shape index (κ2) is 9.93. The van der Waals surface area contributed by atoms with Crippen molar-refractivity contribution in [1.82, 2.24) is 4.90 Å². The normalized spacial score (nSPS) is 18.9. The Labute approximate surface area is 190 Å². The number of methoxy groups -OCH3 is 1. The van der Waals surface area contributed by atoms with Crippen LogP contribution in [0.5, 0.6) is 5.75 Å². The quantitative estimate of drug-likeness (QED) is 0.355. The maximum Gasteiger partial charge on any atom is 0.338 e. The van der Waals surface area contributed by atoms with Crippen LogP contribution in [0.15, 0.2) is 48.5 Å². The molecule has 4 rings (SSSR count). The summed E-state index contributed by atoms with van der Waals surface area (Å²) in [6.45, 7) is 1.87. The van der Waals surface area contributed by atoms with Gasteiger partial charge in [0.05, 0.1) is 44.0 Å². The third-order valence-electron chi connectivity index (χ3n) is 5.70. The van der Waals surface area contributed by atoms with Gasteiger partial charge in [-0.25, -0.2) is 9.69 Å². The summed E-state index contributed by atoms with van der Waals surface area (Å²) in [6.07, 6.45) is 0.120. The lowest BCUT2D eigenvalue weighted by Gasteiger charge is -2.30. The molecular formula is C24H24N2O7. The summed E-state index contributed by atoms with van der Waals surface area (Å²) < 4.78 is 15.5. The van der Waals surface area contributed by atoms with E-state index in [0.717, 1.165) is 4.90 Å². The molecule has 9 heteroatoms. The highest BCUT2D eigenvalue weighted by Gasteiger charge is 2.43. The predicted molar refractivity (Wildman–Crippen MR) is 117 cm³/mol. The Bertz CT molecular complexity index is 1060. The minimum absolute atomic E-state index is 0.120. The van der Waals surface area contributed by atoms with Crippen LogP contribution in [0.25, 0.3) is 0 Å². The average Bonchev–Trinajstić information content (AvgIpc) is 3.16. The van der Waals surface area contributed by atoms with Crippen LogP contribution in [-0.4, -0.2) is 74.5 Å². The number of Topliss-reactive ketones (excluding diaryl/α,β-unsaturated/α-hetero) is 1. The van der Waals surface area contributed by atoms with Gasteiger partial charge < -0.3 is 14.2 Å². The summed E-state index contributed by atoms with van der Waals surface area (Å²) in [6, 6.07) is 12.1. The molecule has 2 aliphatic rings. The molecule has 2 aliphatic heterocycles. The maximum absolute atomic E-state index is 12.9. The molecule has 2 saturated heterocycles. The van der Waals surface area contributed by atoms with E-state index in [1.54, 1.807) is 24.3 Å². The van der Waals surface area contributed by atoms with Crippen LogP contribution in [-0.2, 0) is 19.1 Å². The first-order valence-electron chi connectivity index (χ1n) is 10.6. The summed E-state index contributed by atoms with van der Waals surface area (Å²) in [4.78, 5) is 53.2. The van der Waals surface area contributed by atoms with Crippen molar-refractivity contribution in [3.63, 3.8) is 0 Å². The Kier molecular flexibility index (Phi) is 6.81. The molecule has 0 bridgehead atoms. The first kappa shape index (κ1) is 22.6. The van der Waals surface area contributed by atoms with Gasteiger partial charge in [-0.1, -0.05) is 12.1 Å². The lowest BCUT2D eigenvalue weighted by Crippen LogP contribution is -2.47. The number of anilines is 1. The van der Waals surface area contributed by atoms with Crippen LogP contribution >= 0.6 is 0 Å². The van der Waals surface area contributed by atoms with Crippen molar-refractivity contribution >= 4 is 29.3 Å². The highest BCUT2D eigenvalue weighted by atomic mass is 16.5. The molecule has 0 N–H and O–H groups in total. The number of amides is 2. The minimum atomic E-state index is -0.678. The third-order valence-corrected chi connectivity index (χ3v) is 5.70. The fourth-order valence-electron chi connectivity index (χ4n) is 3.90. The van der Waals surface area contributed by atoms with Gasteiger partial charge in [0.2, 0.25) is 5.91 Å². The molecule has 2 aromatic carbocycles. The molecule has 0 aliphatic carbocycles. The van der Waals surface area contributed by atoms with Gasteiger partial charge in [-0.3, -0.25) is 19.3 Å². The molecule has 0 radical (unpaired) electrons. The Morgan fingerprint density at radius 1 is 1.03 bits per heavy atom. The smallest absolute Gasteiger partial charge is 0.338 e. The fraction of sp³-hybridized carbons (Fsp3) is 0.333. The number of ether oxygens (including phenoxy) is 3. The molecule has 2 heterocycles. The number of esters is 1. The van der Waals surface area contributed by atoms with Gasteiger partial charge in [0, 0.05) is 18.7 Å². The molecular weight excluding hydrogens is 428 g/mol. The van der Waals surface area contributed by atoms with Gasteiger partial charge in [-0.2, -0.15) is 0 Å². The second-order valence-electron chi connectivity index (χ2n) is 7.71. The molecule has 9 nitrogen and oxygen atoms in total. The van der Waals surface area contributed by atoms with Crippen LogP contribution in [0.2, 0.25) is 0 Å². The summed E-state index contributed by atoms with van der Waals surface area (Å²) >= 11 is 0. The van der Waals surface area contributed by atoms with E-state index in [1.165, 1.54) is 31.4 Å². The fourth-order valence-corrected chi connectivity index (χ4v) is 3.90. The van der Waals surface area contributed by atoms with Crippen LogP contribution in [0, 0.1) is 0 Å². The highest BCUT2D eigenvalue weighted by molar-refractivity contribution is 6.22. The molecule has 0 spiro atoms. The Balaban J connectivity index is 1.37. The van der Waals surface area contributed by atoms with Crippen molar-refractivity contribution in [2.24, 2.45) is 0 Å². The number of imide groups is 1. The van der Waals surface area contributed by atoms with E-state index in [1.807, 2.05) is 4.90 Å². The zero-order valence-electron chi connectivity index (χ0n) is 18.2. The molecule has 2 aromatic rings. The SMILES string of the molecule is COc1cccc(C(=O)COC(=O)c2ccc(N3C(=O)CC(N4CCOCC4)C3=O)cc2)c1. The van der Waals surface area contributed by atoms with Gasteiger partial charge in [0.25, 0.3) is 5.91 Å². The number of ketones is 1. The van der Waals surface area contributed by atoms with Crippen LogP contribution < -0.4 is 9.64 Å². The van der Waals surface area contributed by atoms with E-state index in [0.29, 0.717) is 43.3 Å². The van der Waals surface area contributed by atoms with Crippen LogP contribution in [0.1, 0.15) is 27.1 Å². The molecule has 0 saturated carbocycles. The van der Waals surface area contributed by atoms with Gasteiger partial charge in [0.15, 0.2) is 12.4 Å². The first-order chi connectivity index (χ1) is 16.0. The number of hydrogen-bond donors (Lipinski definition) is 0. The first-order valence-corrected chi connectivity index (χ1v) is 10.6. The van der Waals surface area contributed by atoms with Crippen molar-refractivity contribution < 1.29 is 33.4 Å². The molecule has 1 atom stereocenters. The number of nitrogens with zero attached hydrogens (tertiary/aromatic N) is 2. The van der Waals surface area contributed by atoms with Crippen LogP contribution in [0.3, 0.4) is 0 Å². The zero-order valence-corrected chi connectivity index (χ0v) is 18.2. The lowest BCUT2D eigenvalue weighted by molar-refractivity contribution is -0.123. The van der Waals surface area contributed by atoms with Crippen molar-refractivity contribution in [1.29, 1.82) is 0 Å². The molecule has 2 fully saturated rings. The van der Waals surface area contributed by atoms with E-state index < -0.39 is 18.6 Å². The molecule has 172 valence electrons. The lowest BCUT2D eigenvalue weighted by atomic mass is 10.1.